The van der Waals surface area contributed by atoms with E-state index in [1.807, 2.05) is 6.92 Å². The minimum atomic E-state index is -0.822. The van der Waals surface area contributed by atoms with E-state index in [0.29, 0.717) is 10.7 Å². The normalized spacial score (nSPS) is 18.4. The second-order valence-electron chi connectivity index (χ2n) is 5.03. The average molecular weight is 310 g/mol. The Hall–Kier alpha value is -2.08. The van der Waals surface area contributed by atoms with Gasteiger partial charge in [-0.1, -0.05) is 17.7 Å². The first-order valence-corrected chi connectivity index (χ1v) is 6.85. The SMILES string of the molecule is Cc1ccc(NC(=O)C[C@@H]2NC(=O)CN(C)C2=O)cc1Cl. The molecule has 0 spiro atoms. The lowest BCUT2D eigenvalue weighted by molar-refractivity contribution is -0.143. The van der Waals surface area contributed by atoms with Crippen molar-refractivity contribution in [1.82, 2.24) is 10.2 Å². The molecule has 1 aliphatic heterocycles. The summed E-state index contributed by atoms with van der Waals surface area (Å²) in [5.74, 6) is -0.899. The summed E-state index contributed by atoms with van der Waals surface area (Å²) in [5.41, 5.74) is 1.46. The number of aryl methyl sites for hydroxylation is 1. The van der Waals surface area contributed by atoms with Crippen molar-refractivity contribution in [1.29, 1.82) is 0 Å². The van der Waals surface area contributed by atoms with Gasteiger partial charge in [0.05, 0.1) is 13.0 Å². The predicted molar refractivity (Wildman–Crippen MR) is 79.0 cm³/mol. The summed E-state index contributed by atoms with van der Waals surface area (Å²) in [4.78, 5) is 36.5. The van der Waals surface area contributed by atoms with Crippen molar-refractivity contribution >= 4 is 35.0 Å². The first-order valence-electron chi connectivity index (χ1n) is 6.47. The molecule has 1 aromatic carbocycles. The lowest BCUT2D eigenvalue weighted by Crippen LogP contribution is -2.57. The zero-order valence-corrected chi connectivity index (χ0v) is 12.5. The van der Waals surface area contributed by atoms with Crippen LogP contribution >= 0.6 is 11.6 Å². The number of hydrogen-bond donors (Lipinski definition) is 2. The fraction of sp³-hybridized carbons (Fsp3) is 0.357. The van der Waals surface area contributed by atoms with Gasteiger partial charge in [0.15, 0.2) is 0 Å². The molecular formula is C14H16ClN3O3. The standard InChI is InChI=1S/C14H16ClN3O3/c1-8-3-4-9(5-10(8)15)16-12(19)6-11-14(21)18(2)7-13(20)17-11/h3-5,11H,6-7H2,1-2H3,(H,16,19)(H,17,20)/t11-/m0/s1. The van der Waals surface area contributed by atoms with Crippen LogP contribution in [0.1, 0.15) is 12.0 Å². The van der Waals surface area contributed by atoms with E-state index in [4.69, 9.17) is 11.6 Å². The van der Waals surface area contributed by atoms with Crippen LogP contribution in [-0.2, 0) is 14.4 Å². The third-order valence-corrected chi connectivity index (χ3v) is 3.64. The number of anilines is 1. The predicted octanol–water partition coefficient (Wildman–Crippen LogP) is 0.934. The Balaban J connectivity index is 1.99. The molecule has 0 radical (unpaired) electrons. The van der Waals surface area contributed by atoms with E-state index >= 15 is 0 Å². The Labute approximate surface area is 127 Å². The van der Waals surface area contributed by atoms with Crippen LogP contribution in [-0.4, -0.2) is 42.3 Å². The molecule has 1 saturated heterocycles. The maximum atomic E-state index is 12.0. The van der Waals surface area contributed by atoms with E-state index in [1.54, 1.807) is 18.2 Å². The number of rotatable bonds is 3. The molecule has 3 amide bonds. The molecule has 0 bridgehead atoms. The van der Waals surface area contributed by atoms with E-state index in [1.165, 1.54) is 11.9 Å². The topological polar surface area (TPSA) is 78.5 Å². The highest BCUT2D eigenvalue weighted by molar-refractivity contribution is 6.31. The minimum Gasteiger partial charge on any atom is -0.342 e. The third kappa shape index (κ3) is 3.72. The monoisotopic (exact) mass is 309 g/mol. The molecular weight excluding hydrogens is 294 g/mol. The number of carbonyl (C=O) groups excluding carboxylic acids is 3. The summed E-state index contributed by atoms with van der Waals surface area (Å²) in [5, 5.41) is 5.73. The fourth-order valence-corrected chi connectivity index (χ4v) is 2.25. The number of benzene rings is 1. The molecule has 2 N–H and O–H groups in total. The molecule has 21 heavy (non-hydrogen) atoms. The molecule has 1 heterocycles. The number of carbonyl (C=O) groups is 3. The fourth-order valence-electron chi connectivity index (χ4n) is 2.07. The number of nitrogens with one attached hydrogen (secondary N) is 2. The quantitative estimate of drug-likeness (QED) is 0.872. The van der Waals surface area contributed by atoms with Crippen molar-refractivity contribution in [3.63, 3.8) is 0 Å². The Morgan fingerprint density at radius 2 is 2.19 bits per heavy atom. The number of halogens is 1. The molecule has 0 aliphatic carbocycles. The van der Waals surface area contributed by atoms with Crippen molar-refractivity contribution in [2.24, 2.45) is 0 Å². The van der Waals surface area contributed by atoms with E-state index in [9.17, 15) is 14.4 Å². The largest absolute Gasteiger partial charge is 0.342 e. The molecule has 7 heteroatoms. The molecule has 0 aromatic heterocycles. The lowest BCUT2D eigenvalue weighted by atomic mass is 10.1. The van der Waals surface area contributed by atoms with Crippen LogP contribution in [0.5, 0.6) is 0 Å². The summed E-state index contributed by atoms with van der Waals surface area (Å²) >= 11 is 5.98. The van der Waals surface area contributed by atoms with Crippen molar-refractivity contribution in [2.45, 2.75) is 19.4 Å². The molecule has 1 atom stereocenters. The van der Waals surface area contributed by atoms with Crippen LogP contribution in [0.4, 0.5) is 5.69 Å². The highest BCUT2D eigenvalue weighted by atomic mass is 35.5. The minimum absolute atomic E-state index is 0.0184. The first-order chi connectivity index (χ1) is 9.86. The second kappa shape index (κ2) is 6.13. The molecule has 1 fully saturated rings. The van der Waals surface area contributed by atoms with Crippen molar-refractivity contribution in [3.8, 4) is 0 Å². The molecule has 1 aromatic rings. The summed E-state index contributed by atoms with van der Waals surface area (Å²) in [6.45, 7) is 1.88. The van der Waals surface area contributed by atoms with Gasteiger partial charge in [0, 0.05) is 17.8 Å². The molecule has 6 nitrogen and oxygen atoms in total. The summed E-state index contributed by atoms with van der Waals surface area (Å²) in [7, 11) is 1.53. The van der Waals surface area contributed by atoms with Gasteiger partial charge in [0.2, 0.25) is 17.7 Å². The number of piperazine rings is 1. The van der Waals surface area contributed by atoms with Gasteiger partial charge in [-0.3, -0.25) is 14.4 Å². The smallest absolute Gasteiger partial charge is 0.245 e. The van der Waals surface area contributed by atoms with E-state index in [0.717, 1.165) is 5.56 Å². The van der Waals surface area contributed by atoms with Gasteiger partial charge in [-0.25, -0.2) is 0 Å². The van der Waals surface area contributed by atoms with Gasteiger partial charge in [0.1, 0.15) is 6.04 Å². The molecule has 0 unspecified atom stereocenters. The van der Waals surface area contributed by atoms with Gasteiger partial charge in [-0.2, -0.15) is 0 Å². The highest BCUT2D eigenvalue weighted by Crippen LogP contribution is 2.20. The number of amides is 3. The van der Waals surface area contributed by atoms with Crippen molar-refractivity contribution in [3.05, 3.63) is 28.8 Å². The van der Waals surface area contributed by atoms with Crippen LogP contribution in [0.3, 0.4) is 0 Å². The van der Waals surface area contributed by atoms with Crippen LogP contribution in [0, 0.1) is 6.92 Å². The zero-order chi connectivity index (χ0) is 15.6. The van der Waals surface area contributed by atoms with Crippen LogP contribution in [0.25, 0.3) is 0 Å². The van der Waals surface area contributed by atoms with Crippen LogP contribution < -0.4 is 10.6 Å². The Kier molecular flexibility index (Phi) is 4.47. The lowest BCUT2D eigenvalue weighted by Gasteiger charge is -2.29. The van der Waals surface area contributed by atoms with Crippen molar-refractivity contribution < 1.29 is 14.4 Å². The third-order valence-electron chi connectivity index (χ3n) is 3.24. The maximum absolute atomic E-state index is 12.0. The Morgan fingerprint density at radius 3 is 2.86 bits per heavy atom. The molecule has 2 rings (SSSR count). The van der Waals surface area contributed by atoms with E-state index in [2.05, 4.69) is 10.6 Å². The van der Waals surface area contributed by atoms with Gasteiger partial charge in [-0.05, 0) is 24.6 Å². The average Bonchev–Trinajstić information content (AvgIpc) is 2.39. The molecule has 0 saturated carbocycles. The highest BCUT2D eigenvalue weighted by Gasteiger charge is 2.31. The van der Waals surface area contributed by atoms with Gasteiger partial charge >= 0.3 is 0 Å². The van der Waals surface area contributed by atoms with Gasteiger partial charge in [-0.15, -0.1) is 0 Å². The number of likely N-dealkylation sites (N-methyl/N-ethyl adjacent to an activating group) is 1. The van der Waals surface area contributed by atoms with Crippen LogP contribution in [0.2, 0.25) is 5.02 Å². The van der Waals surface area contributed by atoms with Gasteiger partial charge in [0.25, 0.3) is 0 Å². The van der Waals surface area contributed by atoms with Crippen LogP contribution in [0.15, 0.2) is 18.2 Å². The van der Waals surface area contributed by atoms with Gasteiger partial charge < -0.3 is 15.5 Å². The van der Waals surface area contributed by atoms with E-state index in [-0.39, 0.29) is 30.7 Å². The summed E-state index contributed by atoms with van der Waals surface area (Å²) < 4.78 is 0. The maximum Gasteiger partial charge on any atom is 0.245 e. The number of nitrogens with zero attached hydrogens (tertiary/aromatic N) is 1. The number of hydrogen-bond acceptors (Lipinski definition) is 3. The zero-order valence-electron chi connectivity index (χ0n) is 11.8. The summed E-state index contributed by atoms with van der Waals surface area (Å²) in [6, 6.07) is 4.34. The van der Waals surface area contributed by atoms with Crippen molar-refractivity contribution in [2.75, 3.05) is 18.9 Å². The van der Waals surface area contributed by atoms with E-state index < -0.39 is 6.04 Å². The first kappa shape index (κ1) is 15.3. The second-order valence-corrected chi connectivity index (χ2v) is 5.44. The molecule has 112 valence electrons. The Bertz CT molecular complexity index is 603. The summed E-state index contributed by atoms with van der Waals surface area (Å²) in [6.07, 6.45) is -0.111. The molecule has 1 aliphatic rings. The Morgan fingerprint density at radius 1 is 1.48 bits per heavy atom.